The molecule has 1 atom stereocenters. The smallest absolute Gasteiger partial charge is 0.227 e. The van der Waals surface area contributed by atoms with Gasteiger partial charge in [0.25, 0.3) is 0 Å². The van der Waals surface area contributed by atoms with E-state index in [4.69, 9.17) is 5.53 Å². The van der Waals surface area contributed by atoms with Crippen molar-refractivity contribution in [2.45, 2.75) is 26.2 Å². The maximum absolute atomic E-state index is 12.1. The second-order valence-electron chi connectivity index (χ2n) is 4.87. The molecule has 5 nitrogen and oxygen atoms in total. The molecule has 0 bridgehead atoms. The molecule has 1 aliphatic rings. The summed E-state index contributed by atoms with van der Waals surface area (Å²) in [6, 6.07) is 8.04. The minimum absolute atomic E-state index is 0.127. The van der Waals surface area contributed by atoms with E-state index in [0.717, 1.165) is 18.5 Å². The average molecular weight is 258 g/mol. The van der Waals surface area contributed by atoms with Gasteiger partial charge in [-0.05, 0) is 29.5 Å². The van der Waals surface area contributed by atoms with Gasteiger partial charge in [0.05, 0.1) is 0 Å². The summed E-state index contributed by atoms with van der Waals surface area (Å²) in [5.74, 6) is 0.264. The fourth-order valence-electron chi connectivity index (χ4n) is 2.54. The molecular weight excluding hydrogens is 240 g/mol. The number of para-hydroxylation sites is 1. The zero-order valence-corrected chi connectivity index (χ0v) is 11.1. The molecule has 0 aliphatic carbocycles. The number of rotatable bonds is 5. The van der Waals surface area contributed by atoms with E-state index in [9.17, 15) is 4.79 Å². The minimum Gasteiger partial charge on any atom is -0.312 e. The van der Waals surface area contributed by atoms with Gasteiger partial charge < -0.3 is 4.90 Å². The number of hydrogen-bond donors (Lipinski definition) is 0. The van der Waals surface area contributed by atoms with Crippen molar-refractivity contribution in [3.05, 3.63) is 40.3 Å². The van der Waals surface area contributed by atoms with Crippen molar-refractivity contribution < 1.29 is 4.79 Å². The highest BCUT2D eigenvalue weighted by atomic mass is 16.2. The van der Waals surface area contributed by atoms with E-state index in [1.54, 1.807) is 0 Å². The fourth-order valence-corrected chi connectivity index (χ4v) is 2.54. The predicted octanol–water partition coefficient (Wildman–Crippen LogP) is 3.30. The van der Waals surface area contributed by atoms with Crippen LogP contribution in [0.1, 0.15) is 25.3 Å². The first-order valence-corrected chi connectivity index (χ1v) is 6.65. The second-order valence-corrected chi connectivity index (χ2v) is 4.87. The summed E-state index contributed by atoms with van der Waals surface area (Å²) in [6.45, 7) is 3.18. The Bertz CT molecular complexity index is 508. The molecule has 1 aromatic rings. The maximum Gasteiger partial charge on any atom is 0.227 e. The predicted molar refractivity (Wildman–Crippen MR) is 74.9 cm³/mol. The quantitative estimate of drug-likeness (QED) is 0.454. The molecule has 0 aromatic heterocycles. The van der Waals surface area contributed by atoms with Crippen LogP contribution in [0.2, 0.25) is 0 Å². The molecule has 1 aliphatic heterocycles. The lowest BCUT2D eigenvalue weighted by molar-refractivity contribution is -0.117. The second kappa shape index (κ2) is 6.25. The van der Waals surface area contributed by atoms with Gasteiger partial charge >= 0.3 is 0 Å². The number of aryl methyl sites for hydroxylation is 1. The van der Waals surface area contributed by atoms with Gasteiger partial charge in [0.1, 0.15) is 0 Å². The van der Waals surface area contributed by atoms with Crippen LogP contribution in [0, 0.1) is 5.92 Å². The number of hydrogen-bond acceptors (Lipinski definition) is 2. The van der Waals surface area contributed by atoms with Crippen molar-refractivity contribution in [3.63, 3.8) is 0 Å². The van der Waals surface area contributed by atoms with Gasteiger partial charge in [-0.25, -0.2) is 0 Å². The van der Waals surface area contributed by atoms with Crippen molar-refractivity contribution in [2.75, 3.05) is 18.0 Å². The van der Waals surface area contributed by atoms with Crippen LogP contribution in [0.15, 0.2) is 29.4 Å². The lowest BCUT2D eigenvalue weighted by Gasteiger charge is -2.20. The molecule has 1 heterocycles. The molecular formula is C14H18N4O. The standard InChI is InChI=1S/C14H18N4O/c1-2-5-12-6-3-4-7-13(12)18-10-11(8-14(18)19)9-16-17-15/h3-4,6-7,11H,2,5,8-10H2,1H3. The summed E-state index contributed by atoms with van der Waals surface area (Å²) >= 11 is 0. The molecule has 5 heteroatoms. The van der Waals surface area contributed by atoms with Gasteiger partial charge in [-0.1, -0.05) is 36.7 Å². The monoisotopic (exact) mass is 258 g/mol. The third-order valence-corrected chi connectivity index (χ3v) is 3.41. The van der Waals surface area contributed by atoms with Gasteiger partial charge in [0.2, 0.25) is 5.91 Å². The molecule has 0 saturated carbocycles. The van der Waals surface area contributed by atoms with Crippen LogP contribution >= 0.6 is 0 Å². The van der Waals surface area contributed by atoms with E-state index in [1.807, 2.05) is 23.1 Å². The normalized spacial score (nSPS) is 18.5. The Morgan fingerprint density at radius 1 is 1.47 bits per heavy atom. The lowest BCUT2D eigenvalue weighted by atomic mass is 10.1. The number of carbonyl (C=O) groups is 1. The van der Waals surface area contributed by atoms with E-state index in [2.05, 4.69) is 23.0 Å². The van der Waals surface area contributed by atoms with Crippen LogP contribution in [-0.4, -0.2) is 19.0 Å². The lowest BCUT2D eigenvalue weighted by Crippen LogP contribution is -2.25. The number of azide groups is 1. The number of anilines is 1. The van der Waals surface area contributed by atoms with E-state index >= 15 is 0 Å². The zero-order chi connectivity index (χ0) is 13.7. The Labute approximate surface area is 112 Å². The molecule has 0 N–H and O–H groups in total. The van der Waals surface area contributed by atoms with Crippen molar-refractivity contribution in [2.24, 2.45) is 11.0 Å². The largest absolute Gasteiger partial charge is 0.312 e. The summed E-state index contributed by atoms with van der Waals surface area (Å²) in [6.07, 6.45) is 2.50. The molecule has 1 aromatic carbocycles. The fraction of sp³-hybridized carbons (Fsp3) is 0.500. The molecule has 1 saturated heterocycles. The highest BCUT2D eigenvalue weighted by Gasteiger charge is 2.30. The van der Waals surface area contributed by atoms with Gasteiger partial charge in [-0.3, -0.25) is 4.79 Å². The van der Waals surface area contributed by atoms with Gasteiger partial charge in [-0.2, -0.15) is 0 Å². The summed E-state index contributed by atoms with van der Waals surface area (Å²) < 4.78 is 0. The number of carbonyl (C=O) groups excluding carboxylic acids is 1. The van der Waals surface area contributed by atoms with Gasteiger partial charge in [-0.15, -0.1) is 0 Å². The van der Waals surface area contributed by atoms with Gasteiger partial charge in [0, 0.05) is 30.1 Å². The third kappa shape index (κ3) is 3.06. The van der Waals surface area contributed by atoms with E-state index in [-0.39, 0.29) is 11.8 Å². The van der Waals surface area contributed by atoms with Crippen LogP contribution in [0.4, 0.5) is 5.69 Å². The van der Waals surface area contributed by atoms with Crippen molar-refractivity contribution in [1.82, 2.24) is 0 Å². The molecule has 100 valence electrons. The van der Waals surface area contributed by atoms with Crippen LogP contribution in [0.3, 0.4) is 0 Å². The molecule has 0 spiro atoms. The van der Waals surface area contributed by atoms with Crippen LogP contribution in [-0.2, 0) is 11.2 Å². The maximum atomic E-state index is 12.1. The Balaban J connectivity index is 2.18. The highest BCUT2D eigenvalue weighted by Crippen LogP contribution is 2.29. The Morgan fingerprint density at radius 2 is 2.26 bits per heavy atom. The SMILES string of the molecule is CCCc1ccccc1N1CC(CN=[N+]=[N-])CC1=O. The Morgan fingerprint density at radius 3 is 3.00 bits per heavy atom. The first kappa shape index (κ1) is 13.4. The number of benzene rings is 1. The van der Waals surface area contributed by atoms with Crippen LogP contribution < -0.4 is 4.90 Å². The third-order valence-electron chi connectivity index (χ3n) is 3.41. The summed E-state index contributed by atoms with van der Waals surface area (Å²) in [7, 11) is 0. The van der Waals surface area contributed by atoms with E-state index in [0.29, 0.717) is 19.5 Å². The van der Waals surface area contributed by atoms with E-state index in [1.165, 1.54) is 5.56 Å². The topological polar surface area (TPSA) is 69.1 Å². The van der Waals surface area contributed by atoms with Crippen molar-refractivity contribution in [3.8, 4) is 0 Å². The minimum atomic E-state index is 0.127. The van der Waals surface area contributed by atoms with Crippen LogP contribution in [0.25, 0.3) is 10.4 Å². The van der Waals surface area contributed by atoms with Crippen molar-refractivity contribution in [1.29, 1.82) is 0 Å². The summed E-state index contributed by atoms with van der Waals surface area (Å²) in [5, 5.41) is 3.58. The van der Waals surface area contributed by atoms with Gasteiger partial charge in [0.15, 0.2) is 0 Å². The molecule has 1 amide bonds. The first-order chi connectivity index (χ1) is 9.26. The van der Waals surface area contributed by atoms with Crippen LogP contribution in [0.5, 0.6) is 0 Å². The molecule has 0 radical (unpaired) electrons. The summed E-state index contributed by atoms with van der Waals surface area (Å²) in [4.78, 5) is 16.7. The molecule has 1 fully saturated rings. The summed E-state index contributed by atoms with van der Waals surface area (Å²) in [5.41, 5.74) is 10.6. The number of nitrogens with zero attached hydrogens (tertiary/aromatic N) is 4. The molecule has 19 heavy (non-hydrogen) atoms. The number of amides is 1. The molecule has 2 rings (SSSR count). The first-order valence-electron chi connectivity index (χ1n) is 6.65. The zero-order valence-electron chi connectivity index (χ0n) is 11.1. The average Bonchev–Trinajstić information content (AvgIpc) is 2.78. The van der Waals surface area contributed by atoms with Crippen molar-refractivity contribution >= 4 is 11.6 Å². The Hall–Kier alpha value is -2.00. The Kier molecular flexibility index (Phi) is 4.42. The molecule has 1 unspecified atom stereocenters. The highest BCUT2D eigenvalue weighted by molar-refractivity contribution is 5.96. The van der Waals surface area contributed by atoms with E-state index < -0.39 is 0 Å².